The van der Waals surface area contributed by atoms with Crippen LogP contribution in [0, 0.1) is 11.8 Å². The van der Waals surface area contributed by atoms with Crippen molar-refractivity contribution in [3.05, 3.63) is 60.7 Å². The van der Waals surface area contributed by atoms with E-state index in [0.29, 0.717) is 25.4 Å². The smallest absolute Gasteiger partial charge is 0.232 e. The zero-order valence-corrected chi connectivity index (χ0v) is 28.4. The van der Waals surface area contributed by atoms with Gasteiger partial charge in [0.2, 0.25) is 17.7 Å². The van der Waals surface area contributed by atoms with Crippen LogP contribution in [-0.2, 0) is 27.2 Å². The van der Waals surface area contributed by atoms with Gasteiger partial charge < -0.3 is 14.7 Å². The van der Waals surface area contributed by atoms with E-state index in [-0.39, 0.29) is 36.0 Å². The zero-order chi connectivity index (χ0) is 30.1. The molecule has 3 fully saturated rings. The molecule has 10 heteroatoms. The number of aryl methyl sites for hydroxylation is 2. The number of fused-ring (bicyclic) bond motifs is 2. The van der Waals surface area contributed by atoms with Crippen molar-refractivity contribution in [1.82, 2.24) is 19.7 Å². The maximum atomic E-state index is 13.4. The van der Waals surface area contributed by atoms with Gasteiger partial charge in [-0.25, -0.2) is 0 Å². The van der Waals surface area contributed by atoms with Crippen LogP contribution in [-0.4, -0.2) is 76.7 Å². The molecule has 0 radical (unpaired) electrons. The summed E-state index contributed by atoms with van der Waals surface area (Å²) < 4.78 is 2.04. The molecule has 0 unspecified atom stereocenters. The highest BCUT2D eigenvalue weighted by Crippen LogP contribution is 2.46. The monoisotopic (exact) mass is 732 g/mol. The van der Waals surface area contributed by atoms with E-state index in [9.17, 15) is 14.4 Å². The molecule has 1 atom stereocenters. The molecular weight excluding hydrogens is 696 g/mol. The predicted molar refractivity (Wildman–Crippen MR) is 174 cm³/mol. The Kier molecular flexibility index (Phi) is 9.79. The van der Waals surface area contributed by atoms with Gasteiger partial charge in [-0.3, -0.25) is 19.4 Å². The Morgan fingerprint density at radius 2 is 1.40 bits per heavy atom. The van der Waals surface area contributed by atoms with Gasteiger partial charge in [0.05, 0.1) is 5.69 Å². The van der Waals surface area contributed by atoms with Gasteiger partial charge in [0.25, 0.3) is 0 Å². The normalized spacial score (nSPS) is 21.4. The first-order valence-corrected chi connectivity index (χ1v) is 17.7. The molecule has 3 saturated heterocycles. The second-order valence-electron chi connectivity index (χ2n) is 12.6. The van der Waals surface area contributed by atoms with Crippen molar-refractivity contribution in [2.45, 2.75) is 70.1 Å². The molecule has 3 amide bonds. The molecule has 4 heterocycles. The highest BCUT2D eigenvalue weighted by molar-refractivity contribution is 9.10. The summed E-state index contributed by atoms with van der Waals surface area (Å²) in [7, 11) is 0. The number of rotatable bonds is 5. The third kappa shape index (κ3) is 6.99. The lowest BCUT2D eigenvalue weighted by atomic mass is 9.76. The first kappa shape index (κ1) is 31.0. The van der Waals surface area contributed by atoms with Crippen LogP contribution in [0.3, 0.4) is 0 Å². The van der Waals surface area contributed by atoms with Crippen LogP contribution in [0.1, 0.15) is 79.7 Å². The van der Waals surface area contributed by atoms with Crippen molar-refractivity contribution in [1.29, 1.82) is 0 Å². The molecule has 6 rings (SSSR count). The minimum Gasteiger partial charge on any atom is -0.343 e. The van der Waals surface area contributed by atoms with E-state index >= 15 is 0 Å². The molecule has 7 nitrogen and oxygen atoms in total. The molecule has 1 aliphatic carbocycles. The number of nitrogens with zero attached hydrogens (tertiary/aromatic N) is 4. The van der Waals surface area contributed by atoms with Crippen LogP contribution < -0.4 is 0 Å². The van der Waals surface area contributed by atoms with E-state index in [2.05, 4.69) is 44.0 Å². The van der Waals surface area contributed by atoms with Gasteiger partial charge in [0.15, 0.2) is 0 Å². The van der Waals surface area contributed by atoms with Gasteiger partial charge in [-0.15, -0.1) is 0 Å². The lowest BCUT2D eigenvalue weighted by Crippen LogP contribution is -2.43. The van der Waals surface area contributed by atoms with Gasteiger partial charge in [-0.1, -0.05) is 27.5 Å². The molecule has 0 N–H and O–H groups in total. The quantitative estimate of drug-likeness (QED) is 0.335. The lowest BCUT2D eigenvalue weighted by Gasteiger charge is -2.38. The van der Waals surface area contributed by atoms with Crippen molar-refractivity contribution >= 4 is 61.2 Å². The number of halogens is 3. The Bertz CT molecular complexity index is 1380. The van der Waals surface area contributed by atoms with Gasteiger partial charge >= 0.3 is 0 Å². The molecule has 43 heavy (non-hydrogen) atoms. The van der Waals surface area contributed by atoms with E-state index in [1.165, 1.54) is 16.7 Å². The third-order valence-corrected chi connectivity index (χ3v) is 11.3. The average Bonchev–Trinajstić information content (AvgIpc) is 3.49. The minimum absolute atomic E-state index is 0.0229. The summed E-state index contributed by atoms with van der Waals surface area (Å²) in [4.78, 5) is 49.1. The first-order chi connectivity index (χ1) is 20.8. The Morgan fingerprint density at radius 3 is 2.09 bits per heavy atom. The number of carbonyl (C=O) groups is 3. The van der Waals surface area contributed by atoms with E-state index in [1.807, 2.05) is 27.0 Å². The number of aromatic nitrogens is 1. The number of amides is 3. The summed E-state index contributed by atoms with van der Waals surface area (Å²) in [6.07, 6.45) is 9.83. The first-order valence-electron chi connectivity index (χ1n) is 15.7. The zero-order valence-electron chi connectivity index (χ0n) is 24.5. The van der Waals surface area contributed by atoms with Crippen molar-refractivity contribution in [3.8, 4) is 0 Å². The summed E-state index contributed by atoms with van der Waals surface area (Å²) in [5.41, 5.74) is 5.01. The number of hydrogen-bond acceptors (Lipinski definition) is 4. The molecule has 0 saturated carbocycles. The van der Waals surface area contributed by atoms with E-state index in [1.54, 1.807) is 0 Å². The molecule has 230 valence electrons. The molecule has 3 aliphatic heterocycles. The van der Waals surface area contributed by atoms with Crippen LogP contribution in [0.4, 0.5) is 0 Å². The molecule has 1 aromatic carbocycles. The largest absolute Gasteiger partial charge is 0.343 e. The standard InChI is InChI=1S/C33H39Br2ClN4O3/c34-25-16-24-4-3-23-17-26(36)18-27(35)31(23)32(33(24)37-20-25)22-7-13-40(14-8-22)28(41)15-21-5-11-39(12-6-21)30(43)19-29(42)38-9-1-2-10-38/h16-18,20-22,32H,1-15,19H2/t32-/m1/s1. The van der Waals surface area contributed by atoms with Gasteiger partial charge in [-0.2, -0.15) is 0 Å². The van der Waals surface area contributed by atoms with Gasteiger partial charge in [0.1, 0.15) is 6.42 Å². The number of pyridine rings is 1. The van der Waals surface area contributed by atoms with Crippen molar-refractivity contribution in [2.75, 3.05) is 39.3 Å². The van der Waals surface area contributed by atoms with E-state index in [0.717, 1.165) is 97.2 Å². The number of piperidine rings is 2. The number of benzene rings is 1. The summed E-state index contributed by atoms with van der Waals surface area (Å²) >= 11 is 13.9. The Balaban J connectivity index is 1.05. The molecular formula is C33H39Br2ClN4O3. The molecule has 2 aromatic rings. The maximum absolute atomic E-state index is 13.4. The summed E-state index contributed by atoms with van der Waals surface area (Å²) in [5, 5.41) is 0.746. The molecule has 4 aliphatic rings. The molecule has 0 spiro atoms. The van der Waals surface area contributed by atoms with Crippen LogP contribution >= 0.6 is 43.5 Å². The fourth-order valence-electron chi connectivity index (χ4n) is 7.59. The lowest BCUT2D eigenvalue weighted by molar-refractivity contribution is -0.140. The van der Waals surface area contributed by atoms with E-state index in [4.69, 9.17) is 16.6 Å². The SMILES string of the molecule is O=C(CC(=O)N1CCC(CC(=O)N2CCC([C@H]3c4ncc(Br)cc4CCc4cc(Cl)cc(Br)c43)CC2)CC1)N1CCCC1. The second-order valence-corrected chi connectivity index (χ2v) is 14.9. The minimum atomic E-state index is -0.0684. The van der Waals surface area contributed by atoms with Crippen molar-refractivity contribution in [2.24, 2.45) is 11.8 Å². The summed E-state index contributed by atoms with van der Waals surface area (Å²) in [6, 6.07) is 6.32. The Labute approximate surface area is 276 Å². The van der Waals surface area contributed by atoms with Crippen LogP contribution in [0.15, 0.2) is 33.3 Å². The third-order valence-electron chi connectivity index (χ3n) is 9.97. The number of carbonyl (C=O) groups excluding carboxylic acids is 3. The van der Waals surface area contributed by atoms with Crippen LogP contribution in [0.25, 0.3) is 0 Å². The van der Waals surface area contributed by atoms with Crippen LogP contribution in [0.2, 0.25) is 5.02 Å². The fourth-order valence-corrected chi connectivity index (χ4v) is 9.09. The average molecular weight is 735 g/mol. The highest BCUT2D eigenvalue weighted by atomic mass is 79.9. The Hall–Kier alpha value is -1.97. The van der Waals surface area contributed by atoms with Crippen molar-refractivity contribution in [3.63, 3.8) is 0 Å². The van der Waals surface area contributed by atoms with Gasteiger partial charge in [0, 0.05) is 71.8 Å². The Morgan fingerprint density at radius 1 is 0.791 bits per heavy atom. The fraction of sp³-hybridized carbons (Fsp3) is 0.576. The van der Waals surface area contributed by atoms with Crippen molar-refractivity contribution < 1.29 is 14.4 Å². The van der Waals surface area contributed by atoms with Crippen LogP contribution in [0.5, 0.6) is 0 Å². The topological polar surface area (TPSA) is 73.8 Å². The predicted octanol–water partition coefficient (Wildman–Crippen LogP) is 6.37. The summed E-state index contributed by atoms with van der Waals surface area (Å²) in [6.45, 7) is 4.32. The number of likely N-dealkylation sites (tertiary alicyclic amines) is 3. The van der Waals surface area contributed by atoms with Gasteiger partial charge in [-0.05, 0) is 114 Å². The maximum Gasteiger partial charge on any atom is 0.232 e. The molecule has 0 bridgehead atoms. The molecule has 1 aromatic heterocycles. The summed E-state index contributed by atoms with van der Waals surface area (Å²) in [5.74, 6) is 0.934. The highest BCUT2D eigenvalue weighted by Gasteiger charge is 2.37. The van der Waals surface area contributed by atoms with E-state index < -0.39 is 0 Å². The number of hydrogen-bond donors (Lipinski definition) is 0. The second kappa shape index (κ2) is 13.6.